The van der Waals surface area contributed by atoms with Gasteiger partial charge in [0, 0.05) is 29.0 Å². The van der Waals surface area contributed by atoms with Crippen LogP contribution in [0.4, 0.5) is 4.39 Å². The molecule has 0 unspecified atom stereocenters. The Kier molecular flexibility index (Phi) is 4.84. The Labute approximate surface area is 114 Å². The number of rotatable bonds is 5. The maximum atomic E-state index is 13.5. The second kappa shape index (κ2) is 6.61. The first-order valence-corrected chi connectivity index (χ1v) is 6.58. The van der Waals surface area contributed by atoms with Crippen LogP contribution in [0.3, 0.4) is 0 Å². The van der Waals surface area contributed by atoms with E-state index in [0.29, 0.717) is 12.1 Å². The zero-order valence-electron chi connectivity index (χ0n) is 9.87. The topological polar surface area (TPSA) is 24.9 Å². The van der Waals surface area contributed by atoms with E-state index in [1.54, 1.807) is 24.5 Å². The van der Waals surface area contributed by atoms with Gasteiger partial charge in [0.25, 0.3) is 0 Å². The summed E-state index contributed by atoms with van der Waals surface area (Å²) in [5.41, 5.74) is 1.91. The number of hydrogen-bond donors (Lipinski definition) is 1. The molecule has 1 aromatic heterocycles. The summed E-state index contributed by atoms with van der Waals surface area (Å²) in [5, 5.41) is 3.24. The first-order chi connectivity index (χ1) is 8.75. The third kappa shape index (κ3) is 3.89. The van der Waals surface area contributed by atoms with Crippen LogP contribution in [-0.4, -0.2) is 11.5 Å². The van der Waals surface area contributed by atoms with Gasteiger partial charge in [0.05, 0.1) is 0 Å². The van der Waals surface area contributed by atoms with Crippen LogP contribution in [0.2, 0.25) is 0 Å². The normalized spacial score (nSPS) is 10.6. The van der Waals surface area contributed by atoms with E-state index in [4.69, 9.17) is 0 Å². The third-order valence-corrected chi connectivity index (χ3v) is 3.16. The molecule has 0 aliphatic rings. The van der Waals surface area contributed by atoms with Crippen molar-refractivity contribution in [2.24, 2.45) is 0 Å². The standard InChI is InChI=1S/C14H14BrFN2/c15-13-1-2-14(16)12(9-13)10-18-8-5-11-3-6-17-7-4-11/h1-4,6-7,9,18H,5,8,10H2. The van der Waals surface area contributed by atoms with E-state index in [-0.39, 0.29) is 5.82 Å². The number of nitrogens with one attached hydrogen (secondary N) is 1. The average Bonchev–Trinajstić information content (AvgIpc) is 2.40. The van der Waals surface area contributed by atoms with E-state index in [0.717, 1.165) is 17.4 Å². The molecule has 0 saturated carbocycles. The number of nitrogens with zero attached hydrogens (tertiary/aromatic N) is 1. The monoisotopic (exact) mass is 308 g/mol. The van der Waals surface area contributed by atoms with Crippen molar-refractivity contribution in [3.8, 4) is 0 Å². The van der Waals surface area contributed by atoms with Crippen molar-refractivity contribution < 1.29 is 4.39 Å². The molecule has 1 aromatic carbocycles. The second-order valence-electron chi connectivity index (χ2n) is 4.02. The van der Waals surface area contributed by atoms with Gasteiger partial charge in [0.1, 0.15) is 5.82 Å². The van der Waals surface area contributed by atoms with Crippen molar-refractivity contribution in [1.82, 2.24) is 10.3 Å². The molecule has 2 aromatic rings. The maximum absolute atomic E-state index is 13.5. The highest BCUT2D eigenvalue weighted by Crippen LogP contribution is 2.15. The Morgan fingerprint density at radius 3 is 2.72 bits per heavy atom. The van der Waals surface area contributed by atoms with Gasteiger partial charge in [-0.2, -0.15) is 0 Å². The molecule has 2 rings (SSSR count). The second-order valence-corrected chi connectivity index (χ2v) is 4.93. The number of halogens is 2. The van der Waals surface area contributed by atoms with Gasteiger partial charge in [-0.25, -0.2) is 4.39 Å². The van der Waals surface area contributed by atoms with Crippen LogP contribution in [-0.2, 0) is 13.0 Å². The molecule has 0 saturated heterocycles. The lowest BCUT2D eigenvalue weighted by Gasteiger charge is -2.06. The van der Waals surface area contributed by atoms with E-state index >= 15 is 0 Å². The lowest BCUT2D eigenvalue weighted by atomic mass is 10.2. The SMILES string of the molecule is Fc1ccc(Br)cc1CNCCc1ccncc1. The van der Waals surface area contributed by atoms with Gasteiger partial charge >= 0.3 is 0 Å². The predicted molar refractivity (Wildman–Crippen MR) is 73.7 cm³/mol. The van der Waals surface area contributed by atoms with Crippen molar-refractivity contribution in [2.45, 2.75) is 13.0 Å². The van der Waals surface area contributed by atoms with E-state index < -0.39 is 0 Å². The number of aromatic nitrogens is 1. The van der Waals surface area contributed by atoms with Gasteiger partial charge in [-0.15, -0.1) is 0 Å². The molecular weight excluding hydrogens is 295 g/mol. The number of hydrogen-bond acceptors (Lipinski definition) is 2. The molecule has 2 nitrogen and oxygen atoms in total. The van der Waals surface area contributed by atoms with Crippen molar-refractivity contribution in [1.29, 1.82) is 0 Å². The van der Waals surface area contributed by atoms with Gasteiger partial charge in [0.2, 0.25) is 0 Å². The molecule has 0 bridgehead atoms. The quantitative estimate of drug-likeness (QED) is 0.857. The van der Waals surface area contributed by atoms with Crippen molar-refractivity contribution in [3.63, 3.8) is 0 Å². The van der Waals surface area contributed by atoms with Crippen LogP contribution in [0, 0.1) is 5.82 Å². The van der Waals surface area contributed by atoms with Gasteiger partial charge < -0.3 is 5.32 Å². The van der Waals surface area contributed by atoms with E-state index in [1.807, 2.05) is 12.1 Å². The van der Waals surface area contributed by atoms with Crippen molar-refractivity contribution in [2.75, 3.05) is 6.54 Å². The molecule has 1 heterocycles. The lowest BCUT2D eigenvalue weighted by molar-refractivity contribution is 0.588. The molecular formula is C14H14BrFN2. The van der Waals surface area contributed by atoms with Gasteiger partial charge in [-0.3, -0.25) is 4.98 Å². The Balaban J connectivity index is 1.80. The maximum Gasteiger partial charge on any atom is 0.127 e. The van der Waals surface area contributed by atoms with Crippen LogP contribution < -0.4 is 5.32 Å². The highest BCUT2D eigenvalue weighted by Gasteiger charge is 2.02. The Morgan fingerprint density at radius 2 is 1.94 bits per heavy atom. The number of pyridine rings is 1. The largest absolute Gasteiger partial charge is 0.312 e. The molecule has 4 heteroatoms. The zero-order chi connectivity index (χ0) is 12.8. The molecule has 0 fully saturated rings. The summed E-state index contributed by atoms with van der Waals surface area (Å²) in [4.78, 5) is 3.97. The molecule has 94 valence electrons. The fourth-order valence-electron chi connectivity index (χ4n) is 1.68. The minimum absolute atomic E-state index is 0.172. The van der Waals surface area contributed by atoms with Crippen LogP contribution in [0.15, 0.2) is 47.2 Å². The molecule has 0 radical (unpaired) electrons. The zero-order valence-corrected chi connectivity index (χ0v) is 11.5. The third-order valence-electron chi connectivity index (χ3n) is 2.66. The van der Waals surface area contributed by atoms with Crippen molar-refractivity contribution >= 4 is 15.9 Å². The van der Waals surface area contributed by atoms with Crippen molar-refractivity contribution in [3.05, 3.63) is 64.1 Å². The van der Waals surface area contributed by atoms with Gasteiger partial charge in [-0.1, -0.05) is 15.9 Å². The summed E-state index contributed by atoms with van der Waals surface area (Å²) in [7, 11) is 0. The highest BCUT2D eigenvalue weighted by atomic mass is 79.9. The average molecular weight is 309 g/mol. The Bertz CT molecular complexity index is 502. The van der Waals surface area contributed by atoms with E-state index in [2.05, 4.69) is 26.2 Å². The number of benzene rings is 1. The summed E-state index contributed by atoms with van der Waals surface area (Å²) < 4.78 is 14.3. The Hall–Kier alpha value is -1.26. The highest BCUT2D eigenvalue weighted by molar-refractivity contribution is 9.10. The minimum Gasteiger partial charge on any atom is -0.312 e. The fourth-order valence-corrected chi connectivity index (χ4v) is 2.09. The summed E-state index contributed by atoms with van der Waals surface area (Å²) in [6.45, 7) is 1.35. The first-order valence-electron chi connectivity index (χ1n) is 5.79. The molecule has 0 aliphatic heterocycles. The molecule has 0 spiro atoms. The van der Waals surface area contributed by atoms with E-state index in [9.17, 15) is 4.39 Å². The smallest absolute Gasteiger partial charge is 0.127 e. The van der Waals surface area contributed by atoms with Gasteiger partial charge in [-0.05, 0) is 48.9 Å². The summed E-state index contributed by atoms with van der Waals surface area (Å²) in [5.74, 6) is -0.172. The molecule has 0 amide bonds. The summed E-state index contributed by atoms with van der Waals surface area (Å²) >= 11 is 3.34. The summed E-state index contributed by atoms with van der Waals surface area (Å²) in [6.07, 6.45) is 4.48. The van der Waals surface area contributed by atoms with Crippen LogP contribution in [0.5, 0.6) is 0 Å². The summed E-state index contributed by atoms with van der Waals surface area (Å²) in [6, 6.07) is 8.96. The minimum atomic E-state index is -0.172. The molecule has 0 aliphatic carbocycles. The van der Waals surface area contributed by atoms with Gasteiger partial charge in [0.15, 0.2) is 0 Å². The van der Waals surface area contributed by atoms with Crippen LogP contribution in [0.25, 0.3) is 0 Å². The molecule has 18 heavy (non-hydrogen) atoms. The predicted octanol–water partition coefficient (Wildman–Crippen LogP) is 3.32. The van der Waals surface area contributed by atoms with Crippen LogP contribution in [0.1, 0.15) is 11.1 Å². The van der Waals surface area contributed by atoms with Crippen LogP contribution >= 0.6 is 15.9 Å². The first kappa shape index (κ1) is 13.2. The molecule has 0 atom stereocenters. The fraction of sp³-hybridized carbons (Fsp3) is 0.214. The Morgan fingerprint density at radius 1 is 1.17 bits per heavy atom. The molecule has 1 N–H and O–H groups in total. The van der Waals surface area contributed by atoms with E-state index in [1.165, 1.54) is 11.6 Å². The lowest BCUT2D eigenvalue weighted by Crippen LogP contribution is -2.17.